The number of piperidine rings is 1. The molecule has 1 saturated heterocycles. The minimum Gasteiger partial charge on any atom is -0.496 e. The average molecular weight is 364 g/mol. The van der Waals surface area contributed by atoms with E-state index in [0.29, 0.717) is 43.2 Å². The first kappa shape index (κ1) is 19.9. The molecule has 0 unspecified atom stereocenters. The summed E-state index contributed by atoms with van der Waals surface area (Å²) in [4.78, 5) is 26.2. The molecule has 1 heterocycles. The van der Waals surface area contributed by atoms with Crippen molar-refractivity contribution < 1.29 is 23.8 Å². The van der Waals surface area contributed by atoms with Gasteiger partial charge in [-0.3, -0.25) is 9.59 Å². The van der Waals surface area contributed by atoms with E-state index in [1.54, 1.807) is 27.4 Å². The number of hydrogen-bond donors (Lipinski definition) is 1. The fourth-order valence-electron chi connectivity index (χ4n) is 3.09. The number of methoxy groups -OCH3 is 3. The van der Waals surface area contributed by atoms with Gasteiger partial charge in [0.15, 0.2) is 11.5 Å². The van der Waals surface area contributed by atoms with Crippen LogP contribution in [-0.2, 0) is 16.1 Å². The van der Waals surface area contributed by atoms with Crippen molar-refractivity contribution in [2.24, 2.45) is 5.92 Å². The zero-order chi connectivity index (χ0) is 19.3. The highest BCUT2D eigenvalue weighted by Crippen LogP contribution is 2.35. The number of hydrogen-bond acceptors (Lipinski definition) is 5. The van der Waals surface area contributed by atoms with Crippen LogP contribution in [0.1, 0.15) is 32.3 Å². The molecule has 0 spiro atoms. The number of rotatable bonds is 7. The van der Waals surface area contributed by atoms with Gasteiger partial charge in [-0.25, -0.2) is 0 Å². The fraction of sp³-hybridized carbons (Fsp3) is 0.579. The topological polar surface area (TPSA) is 77.1 Å². The van der Waals surface area contributed by atoms with Crippen LogP contribution in [0.3, 0.4) is 0 Å². The van der Waals surface area contributed by atoms with E-state index in [0.717, 1.165) is 5.56 Å². The largest absolute Gasteiger partial charge is 0.496 e. The number of nitrogens with zero attached hydrogens (tertiary/aromatic N) is 1. The lowest BCUT2D eigenvalue weighted by Gasteiger charge is -2.33. The second-order valence-corrected chi connectivity index (χ2v) is 6.62. The molecule has 0 radical (unpaired) electrons. The van der Waals surface area contributed by atoms with Crippen LogP contribution >= 0.6 is 0 Å². The van der Waals surface area contributed by atoms with E-state index in [9.17, 15) is 9.59 Å². The van der Waals surface area contributed by atoms with Crippen LogP contribution in [0.25, 0.3) is 0 Å². The molecule has 0 bridgehead atoms. The summed E-state index contributed by atoms with van der Waals surface area (Å²) in [6.07, 6.45) is 0.971. The number of ether oxygens (including phenoxy) is 3. The maximum absolute atomic E-state index is 13.0. The van der Waals surface area contributed by atoms with Gasteiger partial charge in [-0.15, -0.1) is 0 Å². The Balaban J connectivity index is 2.26. The van der Waals surface area contributed by atoms with Gasteiger partial charge in [0.2, 0.25) is 11.8 Å². The lowest BCUT2D eigenvalue weighted by molar-refractivity contribution is -0.139. The third-order valence-electron chi connectivity index (χ3n) is 4.65. The number of benzene rings is 1. The number of carbonyl (C=O) groups is 2. The van der Waals surface area contributed by atoms with Gasteiger partial charge in [-0.05, 0) is 26.3 Å². The van der Waals surface area contributed by atoms with Gasteiger partial charge in [0, 0.05) is 37.2 Å². The molecule has 7 heteroatoms. The van der Waals surface area contributed by atoms with Crippen molar-refractivity contribution in [3.05, 3.63) is 17.7 Å². The minimum absolute atomic E-state index is 0.00621. The standard InChI is InChI=1S/C19H28N2O5/c1-12(2)21(19(23)13-6-7-18(22)20-10-13)11-14-8-16(25-4)17(26-5)9-15(14)24-3/h8-9,12-13H,6-7,10-11H2,1-5H3,(H,20,22)/t13-/m0/s1. The zero-order valence-electron chi connectivity index (χ0n) is 16.1. The Bertz CT molecular complexity index is 650. The van der Waals surface area contributed by atoms with Gasteiger partial charge < -0.3 is 24.4 Å². The van der Waals surface area contributed by atoms with E-state index in [4.69, 9.17) is 14.2 Å². The molecule has 0 saturated carbocycles. The summed E-state index contributed by atoms with van der Waals surface area (Å²) < 4.78 is 16.2. The summed E-state index contributed by atoms with van der Waals surface area (Å²) in [5.74, 6) is 1.65. The van der Waals surface area contributed by atoms with Gasteiger partial charge in [-0.1, -0.05) is 0 Å². The monoisotopic (exact) mass is 364 g/mol. The first-order valence-electron chi connectivity index (χ1n) is 8.77. The molecule has 7 nitrogen and oxygen atoms in total. The highest BCUT2D eigenvalue weighted by atomic mass is 16.5. The third-order valence-corrected chi connectivity index (χ3v) is 4.65. The highest BCUT2D eigenvalue weighted by Gasteiger charge is 2.30. The minimum atomic E-state index is -0.193. The summed E-state index contributed by atoms with van der Waals surface area (Å²) in [5.41, 5.74) is 0.840. The molecule has 144 valence electrons. The lowest BCUT2D eigenvalue weighted by atomic mass is 9.96. The predicted molar refractivity (Wildman–Crippen MR) is 97.5 cm³/mol. The Hall–Kier alpha value is -2.44. The van der Waals surface area contributed by atoms with Crippen LogP contribution in [0.2, 0.25) is 0 Å². The Labute approximate surface area is 154 Å². The Morgan fingerprint density at radius 3 is 2.27 bits per heavy atom. The van der Waals surface area contributed by atoms with Crippen molar-refractivity contribution in [2.45, 2.75) is 39.3 Å². The van der Waals surface area contributed by atoms with E-state index < -0.39 is 0 Å². The quantitative estimate of drug-likeness (QED) is 0.800. The average Bonchev–Trinajstić information content (AvgIpc) is 2.65. The van der Waals surface area contributed by atoms with Crippen LogP contribution in [0.4, 0.5) is 0 Å². The van der Waals surface area contributed by atoms with Crippen LogP contribution in [0.15, 0.2) is 12.1 Å². The van der Waals surface area contributed by atoms with E-state index in [-0.39, 0.29) is 23.8 Å². The number of amides is 2. The summed E-state index contributed by atoms with van der Waals surface area (Å²) in [5, 5.41) is 2.78. The van der Waals surface area contributed by atoms with E-state index in [1.807, 2.05) is 24.8 Å². The zero-order valence-corrected chi connectivity index (χ0v) is 16.1. The molecule has 2 rings (SSSR count). The van der Waals surface area contributed by atoms with Crippen LogP contribution < -0.4 is 19.5 Å². The third kappa shape index (κ3) is 4.39. The second kappa shape index (κ2) is 8.78. The van der Waals surface area contributed by atoms with Crippen molar-refractivity contribution in [3.63, 3.8) is 0 Å². The molecule has 1 aliphatic heterocycles. The molecule has 1 aromatic carbocycles. The van der Waals surface area contributed by atoms with Crippen LogP contribution in [0, 0.1) is 5.92 Å². The molecular formula is C19H28N2O5. The number of carbonyl (C=O) groups excluding carboxylic acids is 2. The lowest BCUT2D eigenvalue weighted by Crippen LogP contribution is -2.46. The molecule has 1 aliphatic rings. The Morgan fingerprint density at radius 2 is 1.77 bits per heavy atom. The second-order valence-electron chi connectivity index (χ2n) is 6.62. The Kier molecular flexibility index (Phi) is 6.71. The van der Waals surface area contributed by atoms with Crippen molar-refractivity contribution in [2.75, 3.05) is 27.9 Å². The van der Waals surface area contributed by atoms with Gasteiger partial charge in [0.1, 0.15) is 5.75 Å². The van der Waals surface area contributed by atoms with Crippen molar-refractivity contribution in [1.82, 2.24) is 10.2 Å². The van der Waals surface area contributed by atoms with E-state index in [2.05, 4.69) is 5.32 Å². The van der Waals surface area contributed by atoms with Crippen molar-refractivity contribution in [1.29, 1.82) is 0 Å². The normalized spacial score (nSPS) is 16.8. The molecule has 1 aromatic rings. The highest BCUT2D eigenvalue weighted by molar-refractivity contribution is 5.84. The summed E-state index contributed by atoms with van der Waals surface area (Å²) in [6.45, 7) is 4.74. The molecule has 1 N–H and O–H groups in total. The van der Waals surface area contributed by atoms with Crippen molar-refractivity contribution in [3.8, 4) is 17.2 Å². The van der Waals surface area contributed by atoms with Gasteiger partial charge in [0.25, 0.3) is 0 Å². The maximum atomic E-state index is 13.0. The fourth-order valence-corrected chi connectivity index (χ4v) is 3.09. The van der Waals surface area contributed by atoms with Gasteiger partial charge in [-0.2, -0.15) is 0 Å². The van der Waals surface area contributed by atoms with Gasteiger partial charge in [0.05, 0.1) is 27.2 Å². The van der Waals surface area contributed by atoms with E-state index >= 15 is 0 Å². The summed E-state index contributed by atoms with van der Waals surface area (Å²) in [7, 11) is 4.73. The molecule has 1 fully saturated rings. The molecule has 2 amide bonds. The molecule has 26 heavy (non-hydrogen) atoms. The van der Waals surface area contributed by atoms with Crippen LogP contribution in [-0.4, -0.2) is 50.6 Å². The molecular weight excluding hydrogens is 336 g/mol. The van der Waals surface area contributed by atoms with Crippen molar-refractivity contribution >= 4 is 11.8 Å². The number of nitrogens with one attached hydrogen (secondary N) is 1. The summed E-state index contributed by atoms with van der Waals surface area (Å²) >= 11 is 0. The Morgan fingerprint density at radius 1 is 1.15 bits per heavy atom. The predicted octanol–water partition coefficient (Wildman–Crippen LogP) is 1.98. The smallest absolute Gasteiger partial charge is 0.228 e. The van der Waals surface area contributed by atoms with E-state index in [1.165, 1.54) is 0 Å². The summed E-state index contributed by atoms with van der Waals surface area (Å²) in [6, 6.07) is 3.61. The SMILES string of the molecule is COc1cc(OC)c(OC)cc1CN(C(=O)[C@H]1CCC(=O)NC1)C(C)C. The maximum Gasteiger partial charge on any atom is 0.228 e. The van der Waals surface area contributed by atoms with Crippen LogP contribution in [0.5, 0.6) is 17.2 Å². The first-order chi connectivity index (χ1) is 12.4. The molecule has 1 atom stereocenters. The van der Waals surface area contributed by atoms with Gasteiger partial charge >= 0.3 is 0 Å². The molecule has 0 aliphatic carbocycles. The first-order valence-corrected chi connectivity index (χ1v) is 8.77. The molecule has 0 aromatic heterocycles.